The van der Waals surface area contributed by atoms with E-state index in [-0.39, 0.29) is 17.2 Å². The number of carbonyl (C=O) groups excluding carboxylic acids is 1. The standard InChI is InChI=1S/C13H23NO2/c1-10(2)13(16)8-14(9-13)11(15)12(3)6-4-5-7-12/h10,16H,4-9H2,1-3H3. The predicted molar refractivity (Wildman–Crippen MR) is 62.9 cm³/mol. The van der Waals surface area contributed by atoms with Gasteiger partial charge < -0.3 is 10.0 Å². The van der Waals surface area contributed by atoms with Crippen molar-refractivity contribution in [2.24, 2.45) is 11.3 Å². The van der Waals surface area contributed by atoms with Gasteiger partial charge in [0.2, 0.25) is 5.91 Å². The van der Waals surface area contributed by atoms with Crippen molar-refractivity contribution in [1.29, 1.82) is 0 Å². The molecular formula is C13H23NO2. The number of nitrogens with zero attached hydrogens (tertiary/aromatic N) is 1. The Labute approximate surface area is 97.8 Å². The van der Waals surface area contributed by atoms with E-state index in [2.05, 4.69) is 6.92 Å². The Bertz CT molecular complexity index is 286. The zero-order valence-corrected chi connectivity index (χ0v) is 10.6. The molecule has 0 atom stereocenters. The summed E-state index contributed by atoms with van der Waals surface area (Å²) in [6.07, 6.45) is 4.37. The van der Waals surface area contributed by atoms with Crippen LogP contribution in [-0.2, 0) is 4.79 Å². The molecule has 2 rings (SSSR count). The van der Waals surface area contributed by atoms with Gasteiger partial charge in [-0.1, -0.05) is 33.6 Å². The average molecular weight is 225 g/mol. The number of likely N-dealkylation sites (tertiary alicyclic amines) is 1. The Balaban J connectivity index is 1.95. The number of aliphatic hydroxyl groups is 1. The van der Waals surface area contributed by atoms with E-state index >= 15 is 0 Å². The Morgan fingerprint density at radius 3 is 2.19 bits per heavy atom. The molecule has 0 aromatic rings. The lowest BCUT2D eigenvalue weighted by Crippen LogP contribution is -2.67. The number of hydrogen-bond acceptors (Lipinski definition) is 2. The minimum Gasteiger partial charge on any atom is -0.386 e. The third kappa shape index (κ3) is 1.75. The van der Waals surface area contributed by atoms with Gasteiger partial charge in [0, 0.05) is 5.41 Å². The third-order valence-corrected chi connectivity index (χ3v) is 4.51. The van der Waals surface area contributed by atoms with E-state index in [1.54, 1.807) is 0 Å². The first kappa shape index (κ1) is 11.9. The second-order valence-electron chi connectivity index (χ2n) is 6.19. The first-order chi connectivity index (χ1) is 7.37. The lowest BCUT2D eigenvalue weighted by Gasteiger charge is -2.51. The van der Waals surface area contributed by atoms with Gasteiger partial charge in [-0.15, -0.1) is 0 Å². The van der Waals surface area contributed by atoms with E-state index in [1.807, 2.05) is 18.7 Å². The van der Waals surface area contributed by atoms with Gasteiger partial charge in [-0.05, 0) is 18.8 Å². The third-order valence-electron chi connectivity index (χ3n) is 4.51. The number of hydrogen-bond donors (Lipinski definition) is 1. The van der Waals surface area contributed by atoms with Gasteiger partial charge in [0.1, 0.15) is 5.60 Å². The Morgan fingerprint density at radius 2 is 1.75 bits per heavy atom. The molecule has 0 aromatic carbocycles. The molecule has 3 nitrogen and oxygen atoms in total. The van der Waals surface area contributed by atoms with Crippen molar-refractivity contribution in [3.8, 4) is 0 Å². The van der Waals surface area contributed by atoms with Crippen LogP contribution < -0.4 is 0 Å². The van der Waals surface area contributed by atoms with Crippen molar-refractivity contribution in [1.82, 2.24) is 4.90 Å². The van der Waals surface area contributed by atoms with Crippen LogP contribution in [0.5, 0.6) is 0 Å². The molecule has 1 heterocycles. The van der Waals surface area contributed by atoms with Crippen LogP contribution >= 0.6 is 0 Å². The van der Waals surface area contributed by atoms with E-state index in [0.717, 1.165) is 12.8 Å². The zero-order valence-electron chi connectivity index (χ0n) is 10.6. The Hall–Kier alpha value is -0.570. The average Bonchev–Trinajstić information content (AvgIpc) is 2.60. The molecule has 16 heavy (non-hydrogen) atoms. The van der Waals surface area contributed by atoms with Crippen LogP contribution in [0.1, 0.15) is 46.5 Å². The summed E-state index contributed by atoms with van der Waals surface area (Å²) in [6.45, 7) is 7.16. The van der Waals surface area contributed by atoms with Crippen LogP contribution in [0, 0.1) is 11.3 Å². The molecule has 92 valence electrons. The Morgan fingerprint density at radius 1 is 1.25 bits per heavy atom. The molecular weight excluding hydrogens is 202 g/mol. The molecule has 0 aromatic heterocycles. The fourth-order valence-electron chi connectivity index (χ4n) is 2.87. The van der Waals surface area contributed by atoms with Crippen LogP contribution in [-0.4, -0.2) is 34.6 Å². The van der Waals surface area contributed by atoms with Crippen molar-refractivity contribution in [3.63, 3.8) is 0 Å². The van der Waals surface area contributed by atoms with E-state index in [9.17, 15) is 9.90 Å². The first-order valence-electron chi connectivity index (χ1n) is 6.39. The minimum absolute atomic E-state index is 0.141. The highest BCUT2D eigenvalue weighted by atomic mass is 16.3. The van der Waals surface area contributed by atoms with Crippen molar-refractivity contribution < 1.29 is 9.90 Å². The van der Waals surface area contributed by atoms with Gasteiger partial charge in [-0.3, -0.25) is 4.79 Å². The normalized spacial score (nSPS) is 26.9. The predicted octanol–water partition coefficient (Wildman–Crippen LogP) is 1.80. The number of β-amino-alcohol motifs (C(OH)–C–C–N with tert-alkyl or cyclic N) is 1. The second-order valence-corrected chi connectivity index (χ2v) is 6.19. The van der Waals surface area contributed by atoms with Crippen molar-refractivity contribution in [3.05, 3.63) is 0 Å². The fraction of sp³-hybridized carbons (Fsp3) is 0.923. The molecule has 1 amide bonds. The van der Waals surface area contributed by atoms with Crippen molar-refractivity contribution >= 4 is 5.91 Å². The highest BCUT2D eigenvalue weighted by Crippen LogP contribution is 2.41. The molecule has 1 aliphatic heterocycles. The van der Waals surface area contributed by atoms with E-state index in [4.69, 9.17) is 0 Å². The smallest absolute Gasteiger partial charge is 0.228 e. The maximum absolute atomic E-state index is 12.3. The maximum atomic E-state index is 12.3. The molecule has 1 aliphatic carbocycles. The molecule has 1 saturated heterocycles. The summed E-state index contributed by atoms with van der Waals surface area (Å²) in [5, 5.41) is 10.1. The lowest BCUT2D eigenvalue weighted by molar-refractivity contribution is -0.172. The molecule has 3 heteroatoms. The SMILES string of the molecule is CC(C)C1(O)CN(C(=O)C2(C)CCCC2)C1. The minimum atomic E-state index is -0.634. The van der Waals surface area contributed by atoms with Crippen LogP contribution in [0.4, 0.5) is 0 Å². The van der Waals surface area contributed by atoms with Crippen LogP contribution in [0.25, 0.3) is 0 Å². The number of rotatable bonds is 2. The monoisotopic (exact) mass is 225 g/mol. The van der Waals surface area contributed by atoms with Gasteiger partial charge in [-0.25, -0.2) is 0 Å². The number of amides is 1. The van der Waals surface area contributed by atoms with Crippen LogP contribution in [0.2, 0.25) is 0 Å². The quantitative estimate of drug-likeness (QED) is 0.778. The van der Waals surface area contributed by atoms with E-state index < -0.39 is 5.60 Å². The first-order valence-corrected chi connectivity index (χ1v) is 6.39. The van der Waals surface area contributed by atoms with E-state index in [0.29, 0.717) is 13.1 Å². The number of carbonyl (C=O) groups is 1. The summed E-state index contributed by atoms with van der Waals surface area (Å²) in [5.74, 6) is 0.489. The molecule has 1 saturated carbocycles. The summed E-state index contributed by atoms with van der Waals surface area (Å²) in [5.41, 5.74) is -0.775. The topological polar surface area (TPSA) is 40.5 Å². The van der Waals surface area contributed by atoms with Crippen LogP contribution in [0.15, 0.2) is 0 Å². The molecule has 0 bridgehead atoms. The molecule has 1 N–H and O–H groups in total. The highest BCUT2D eigenvalue weighted by Gasteiger charge is 2.50. The van der Waals surface area contributed by atoms with Gasteiger partial charge in [-0.2, -0.15) is 0 Å². The highest BCUT2D eigenvalue weighted by molar-refractivity contribution is 5.83. The summed E-state index contributed by atoms with van der Waals surface area (Å²) >= 11 is 0. The molecule has 2 aliphatic rings. The van der Waals surface area contributed by atoms with E-state index in [1.165, 1.54) is 12.8 Å². The van der Waals surface area contributed by atoms with Gasteiger partial charge in [0.05, 0.1) is 13.1 Å². The summed E-state index contributed by atoms with van der Waals surface area (Å²) in [4.78, 5) is 14.1. The van der Waals surface area contributed by atoms with Crippen molar-refractivity contribution in [2.75, 3.05) is 13.1 Å². The van der Waals surface area contributed by atoms with Gasteiger partial charge in [0.15, 0.2) is 0 Å². The molecule has 0 radical (unpaired) electrons. The van der Waals surface area contributed by atoms with Gasteiger partial charge >= 0.3 is 0 Å². The zero-order chi connectivity index (χ0) is 12.0. The van der Waals surface area contributed by atoms with Crippen molar-refractivity contribution in [2.45, 2.75) is 52.1 Å². The lowest BCUT2D eigenvalue weighted by atomic mass is 9.79. The molecule has 0 unspecified atom stereocenters. The van der Waals surface area contributed by atoms with Gasteiger partial charge in [0.25, 0.3) is 0 Å². The largest absolute Gasteiger partial charge is 0.386 e. The Kier molecular flexibility index (Phi) is 2.77. The second kappa shape index (κ2) is 3.73. The van der Waals surface area contributed by atoms with Crippen LogP contribution in [0.3, 0.4) is 0 Å². The summed E-state index contributed by atoms with van der Waals surface area (Å²) < 4.78 is 0. The summed E-state index contributed by atoms with van der Waals surface area (Å²) in [6, 6.07) is 0. The molecule has 0 spiro atoms. The summed E-state index contributed by atoms with van der Waals surface area (Å²) in [7, 11) is 0. The molecule has 2 fully saturated rings. The fourth-order valence-corrected chi connectivity index (χ4v) is 2.87. The maximum Gasteiger partial charge on any atom is 0.228 e.